The van der Waals surface area contributed by atoms with Gasteiger partial charge in [-0.2, -0.15) is 0 Å². The molecule has 0 aliphatic carbocycles. The topological polar surface area (TPSA) is 113 Å². The van der Waals surface area contributed by atoms with Gasteiger partial charge < -0.3 is 34.1 Å². The Morgan fingerprint density at radius 1 is 0.787 bits per heavy atom. The van der Waals surface area contributed by atoms with Gasteiger partial charge >= 0.3 is 5.97 Å². The van der Waals surface area contributed by atoms with Crippen molar-refractivity contribution in [2.45, 2.75) is 78.1 Å². The molecular formula is C38H53NO8. The summed E-state index contributed by atoms with van der Waals surface area (Å²) in [7, 11) is 1.58. The Hall–Kier alpha value is -3.82. The molecule has 3 aromatic rings. The van der Waals surface area contributed by atoms with Crippen LogP contribution in [-0.4, -0.2) is 70.3 Å². The van der Waals surface area contributed by atoms with Gasteiger partial charge in [0.15, 0.2) is 6.61 Å². The lowest BCUT2D eigenvalue weighted by atomic mass is 9.76. The summed E-state index contributed by atoms with van der Waals surface area (Å²) in [5.74, 6) is 0.0481. The number of benzene rings is 3. The second-order valence-corrected chi connectivity index (χ2v) is 12.9. The first-order valence-electron chi connectivity index (χ1n) is 16.6. The summed E-state index contributed by atoms with van der Waals surface area (Å²) in [6.07, 6.45) is 3.48. The fourth-order valence-electron chi connectivity index (χ4n) is 4.96. The Bertz CT molecular complexity index is 1470. The van der Waals surface area contributed by atoms with Crippen LogP contribution in [0, 0.1) is 0 Å². The van der Waals surface area contributed by atoms with E-state index in [1.807, 2.05) is 0 Å². The third kappa shape index (κ3) is 10.6. The van der Waals surface area contributed by atoms with Gasteiger partial charge in [-0.15, -0.1) is 0 Å². The normalized spacial score (nSPS) is 11.8. The van der Waals surface area contributed by atoms with Crippen molar-refractivity contribution in [1.82, 2.24) is 5.32 Å². The van der Waals surface area contributed by atoms with E-state index in [1.165, 1.54) is 17.2 Å². The van der Waals surface area contributed by atoms with E-state index in [-0.39, 0.29) is 42.0 Å². The molecule has 0 heterocycles. The SMILES string of the molecule is CCC(C)(C)c1ccc(OCCCCNC(=O)c2cc(OCC(=O)OCCOCCOC)c3ccccc3c2O)c(C(C)(C)CC)c1. The first kappa shape index (κ1) is 37.6. The largest absolute Gasteiger partial charge is 0.506 e. The molecular weight excluding hydrogens is 598 g/mol. The van der Waals surface area contributed by atoms with Gasteiger partial charge in [-0.05, 0) is 54.2 Å². The average Bonchev–Trinajstić information content (AvgIpc) is 3.07. The van der Waals surface area contributed by atoms with E-state index in [0.29, 0.717) is 49.3 Å². The van der Waals surface area contributed by atoms with Crippen molar-refractivity contribution in [3.05, 3.63) is 65.2 Å². The zero-order chi connectivity index (χ0) is 34.5. The first-order chi connectivity index (χ1) is 22.4. The van der Waals surface area contributed by atoms with Crippen molar-refractivity contribution in [2.24, 2.45) is 0 Å². The number of rotatable bonds is 20. The second kappa shape index (κ2) is 17.9. The van der Waals surface area contributed by atoms with Crippen LogP contribution in [0.15, 0.2) is 48.5 Å². The van der Waals surface area contributed by atoms with E-state index in [9.17, 15) is 14.7 Å². The molecule has 3 rings (SSSR count). The highest BCUT2D eigenvalue weighted by atomic mass is 16.6. The van der Waals surface area contributed by atoms with Crippen molar-refractivity contribution in [2.75, 3.05) is 53.3 Å². The van der Waals surface area contributed by atoms with Crippen molar-refractivity contribution < 1.29 is 38.4 Å². The standard InChI is InChI=1S/C38H53NO8/c1-8-37(3,4)27-16-17-32(31(24-27)38(5,6)9-2)45-19-13-12-18-39-36(42)30-25-33(28-14-10-11-15-29(28)35(30)41)47-26-34(40)46-23-22-44-21-20-43-7/h10-11,14-17,24-25,41H,8-9,12-13,18-23,26H2,1-7H3,(H,39,42). The number of hydrogen-bond donors (Lipinski definition) is 2. The Morgan fingerprint density at radius 2 is 1.49 bits per heavy atom. The zero-order valence-corrected chi connectivity index (χ0v) is 29.2. The lowest BCUT2D eigenvalue weighted by Crippen LogP contribution is -2.25. The minimum Gasteiger partial charge on any atom is -0.506 e. The molecule has 0 saturated carbocycles. The molecule has 0 fully saturated rings. The molecule has 0 aromatic heterocycles. The summed E-state index contributed by atoms with van der Waals surface area (Å²) in [6, 6.07) is 15.0. The number of nitrogens with one attached hydrogen (secondary N) is 1. The predicted octanol–water partition coefficient (Wildman–Crippen LogP) is 7.09. The van der Waals surface area contributed by atoms with Gasteiger partial charge in [0.1, 0.15) is 23.9 Å². The van der Waals surface area contributed by atoms with E-state index in [1.54, 1.807) is 31.4 Å². The summed E-state index contributed by atoms with van der Waals surface area (Å²) in [5.41, 5.74) is 2.67. The average molecular weight is 652 g/mol. The minimum atomic E-state index is -0.572. The van der Waals surface area contributed by atoms with E-state index >= 15 is 0 Å². The van der Waals surface area contributed by atoms with Crippen LogP contribution in [0.5, 0.6) is 17.2 Å². The van der Waals surface area contributed by atoms with E-state index in [4.69, 9.17) is 23.7 Å². The predicted molar refractivity (Wildman–Crippen MR) is 185 cm³/mol. The molecule has 47 heavy (non-hydrogen) atoms. The monoisotopic (exact) mass is 651 g/mol. The van der Waals surface area contributed by atoms with Crippen LogP contribution in [0.25, 0.3) is 10.8 Å². The molecule has 0 unspecified atom stereocenters. The Balaban J connectivity index is 1.57. The number of esters is 1. The molecule has 0 saturated heterocycles. The Labute approximate surface area is 279 Å². The van der Waals surface area contributed by atoms with E-state index in [2.05, 4.69) is 65.1 Å². The van der Waals surface area contributed by atoms with Crippen LogP contribution in [-0.2, 0) is 29.8 Å². The maximum absolute atomic E-state index is 13.2. The number of unbranched alkanes of at least 4 members (excludes halogenated alkanes) is 1. The number of phenolic OH excluding ortho intramolecular Hbond substituents is 1. The second-order valence-electron chi connectivity index (χ2n) is 12.9. The highest BCUT2D eigenvalue weighted by Crippen LogP contribution is 2.39. The third-order valence-electron chi connectivity index (χ3n) is 8.86. The number of amides is 1. The van der Waals surface area contributed by atoms with Gasteiger partial charge in [0.05, 0.1) is 32.0 Å². The molecule has 0 atom stereocenters. The molecule has 0 spiro atoms. The van der Waals surface area contributed by atoms with Gasteiger partial charge in [0.2, 0.25) is 0 Å². The number of carbonyl (C=O) groups is 2. The third-order valence-corrected chi connectivity index (χ3v) is 8.86. The molecule has 2 N–H and O–H groups in total. The molecule has 3 aromatic carbocycles. The fourth-order valence-corrected chi connectivity index (χ4v) is 4.96. The molecule has 1 amide bonds. The van der Waals surface area contributed by atoms with Crippen molar-refractivity contribution in [3.8, 4) is 17.2 Å². The van der Waals surface area contributed by atoms with Crippen LogP contribution in [0.1, 0.15) is 88.7 Å². The molecule has 0 aliphatic rings. The van der Waals surface area contributed by atoms with Gasteiger partial charge in [-0.25, -0.2) is 4.79 Å². The Morgan fingerprint density at radius 3 is 2.19 bits per heavy atom. The lowest BCUT2D eigenvalue weighted by molar-refractivity contribution is -0.147. The molecule has 9 nitrogen and oxygen atoms in total. The first-order valence-corrected chi connectivity index (χ1v) is 16.6. The minimum absolute atomic E-state index is 0.0209. The molecule has 9 heteroatoms. The summed E-state index contributed by atoms with van der Waals surface area (Å²) < 4.78 is 27.4. The van der Waals surface area contributed by atoms with Gasteiger partial charge in [-0.1, -0.05) is 77.9 Å². The van der Waals surface area contributed by atoms with Crippen molar-refractivity contribution in [1.29, 1.82) is 0 Å². The van der Waals surface area contributed by atoms with E-state index < -0.39 is 11.9 Å². The maximum Gasteiger partial charge on any atom is 0.344 e. The van der Waals surface area contributed by atoms with Crippen LogP contribution in [0.3, 0.4) is 0 Å². The highest BCUT2D eigenvalue weighted by Gasteiger charge is 2.26. The number of methoxy groups -OCH3 is 1. The smallest absolute Gasteiger partial charge is 0.344 e. The van der Waals surface area contributed by atoms with Gasteiger partial charge in [0, 0.05) is 30.0 Å². The fraction of sp³-hybridized carbons (Fsp3) is 0.526. The number of phenols is 1. The summed E-state index contributed by atoms with van der Waals surface area (Å²) in [5, 5.41) is 14.9. The molecule has 0 aliphatic heterocycles. The number of ether oxygens (including phenoxy) is 5. The van der Waals surface area contributed by atoms with Crippen LogP contribution < -0.4 is 14.8 Å². The van der Waals surface area contributed by atoms with Crippen molar-refractivity contribution in [3.63, 3.8) is 0 Å². The maximum atomic E-state index is 13.2. The van der Waals surface area contributed by atoms with E-state index in [0.717, 1.165) is 25.0 Å². The zero-order valence-electron chi connectivity index (χ0n) is 29.2. The van der Waals surface area contributed by atoms with Gasteiger partial charge in [0.25, 0.3) is 5.91 Å². The Kier molecular flexibility index (Phi) is 14.3. The molecule has 0 radical (unpaired) electrons. The van der Waals surface area contributed by atoms with Gasteiger partial charge in [-0.3, -0.25) is 4.79 Å². The highest BCUT2D eigenvalue weighted by molar-refractivity contribution is 6.05. The lowest BCUT2D eigenvalue weighted by Gasteiger charge is -2.30. The summed E-state index contributed by atoms with van der Waals surface area (Å²) >= 11 is 0. The molecule has 0 bridgehead atoms. The molecule has 258 valence electrons. The number of carbonyl (C=O) groups excluding carboxylic acids is 2. The summed E-state index contributed by atoms with van der Waals surface area (Å²) in [4.78, 5) is 25.4. The van der Waals surface area contributed by atoms with Crippen LogP contribution in [0.2, 0.25) is 0 Å². The quantitative estimate of drug-likeness (QED) is 0.0984. The van der Waals surface area contributed by atoms with Crippen LogP contribution in [0.4, 0.5) is 0 Å². The van der Waals surface area contributed by atoms with Crippen LogP contribution >= 0.6 is 0 Å². The number of hydrogen-bond acceptors (Lipinski definition) is 8. The number of aromatic hydroxyl groups is 1. The number of fused-ring (bicyclic) bond motifs is 1. The van der Waals surface area contributed by atoms with Crippen molar-refractivity contribution >= 4 is 22.6 Å². The summed E-state index contributed by atoms with van der Waals surface area (Å²) in [6.45, 7) is 15.2.